The third-order valence-corrected chi connectivity index (χ3v) is 4.55. The van der Waals surface area contributed by atoms with E-state index in [-0.39, 0.29) is 5.41 Å². The first kappa shape index (κ1) is 16.0. The van der Waals surface area contributed by atoms with Gasteiger partial charge >= 0.3 is 0 Å². The maximum Gasteiger partial charge on any atom is 0.127 e. The SMILES string of the molecule is COc1ccc(CN(C)CC2(C=O)CCCCCC2)cc1. The summed E-state index contributed by atoms with van der Waals surface area (Å²) in [4.78, 5) is 13.9. The van der Waals surface area contributed by atoms with Crippen molar-refractivity contribution >= 4 is 6.29 Å². The Kier molecular flexibility index (Phi) is 5.80. The van der Waals surface area contributed by atoms with Crippen molar-refractivity contribution in [3.05, 3.63) is 29.8 Å². The molecule has 1 aliphatic rings. The number of methoxy groups -OCH3 is 1. The third kappa shape index (κ3) is 4.57. The van der Waals surface area contributed by atoms with Crippen LogP contribution in [0, 0.1) is 5.41 Å². The maximum atomic E-state index is 11.7. The predicted octanol–water partition coefficient (Wildman–Crippen LogP) is 3.67. The van der Waals surface area contributed by atoms with Gasteiger partial charge in [-0.3, -0.25) is 0 Å². The molecule has 0 aromatic heterocycles. The quantitative estimate of drug-likeness (QED) is 0.591. The molecule has 0 unspecified atom stereocenters. The summed E-state index contributed by atoms with van der Waals surface area (Å²) < 4.78 is 5.18. The average Bonchev–Trinajstić information content (AvgIpc) is 2.74. The van der Waals surface area contributed by atoms with Gasteiger partial charge in [0.2, 0.25) is 0 Å². The highest BCUT2D eigenvalue weighted by Gasteiger charge is 2.31. The van der Waals surface area contributed by atoms with Gasteiger partial charge in [0.15, 0.2) is 0 Å². The number of nitrogens with zero attached hydrogens (tertiary/aromatic N) is 1. The van der Waals surface area contributed by atoms with E-state index < -0.39 is 0 Å². The molecule has 0 aliphatic heterocycles. The van der Waals surface area contributed by atoms with Crippen molar-refractivity contribution in [3.63, 3.8) is 0 Å². The second kappa shape index (κ2) is 7.60. The van der Waals surface area contributed by atoms with Crippen LogP contribution in [0.15, 0.2) is 24.3 Å². The highest BCUT2D eigenvalue weighted by atomic mass is 16.5. The molecule has 0 bridgehead atoms. The van der Waals surface area contributed by atoms with Crippen molar-refractivity contribution < 1.29 is 9.53 Å². The van der Waals surface area contributed by atoms with E-state index in [1.807, 2.05) is 12.1 Å². The normalized spacial score (nSPS) is 18.2. The van der Waals surface area contributed by atoms with Gasteiger partial charge in [-0.25, -0.2) is 0 Å². The molecular formula is C18H27NO2. The fourth-order valence-corrected chi connectivity index (χ4v) is 3.38. The molecule has 21 heavy (non-hydrogen) atoms. The number of hydrogen-bond acceptors (Lipinski definition) is 3. The highest BCUT2D eigenvalue weighted by Crippen LogP contribution is 2.34. The van der Waals surface area contributed by atoms with Gasteiger partial charge in [-0.1, -0.05) is 37.8 Å². The van der Waals surface area contributed by atoms with Gasteiger partial charge in [0, 0.05) is 18.5 Å². The largest absolute Gasteiger partial charge is 0.497 e. The number of carbonyl (C=O) groups excluding carboxylic acids is 1. The van der Waals surface area contributed by atoms with Crippen LogP contribution < -0.4 is 4.74 Å². The molecule has 2 rings (SSSR count). The summed E-state index contributed by atoms with van der Waals surface area (Å²) >= 11 is 0. The minimum absolute atomic E-state index is 0.127. The van der Waals surface area contributed by atoms with Crippen LogP contribution in [-0.4, -0.2) is 31.9 Å². The second-order valence-corrected chi connectivity index (χ2v) is 6.41. The van der Waals surface area contributed by atoms with Crippen LogP contribution in [0.2, 0.25) is 0 Å². The molecule has 1 aromatic carbocycles. The molecule has 1 aliphatic carbocycles. The first-order chi connectivity index (χ1) is 10.2. The molecule has 0 N–H and O–H groups in total. The minimum Gasteiger partial charge on any atom is -0.497 e. The zero-order valence-corrected chi connectivity index (χ0v) is 13.3. The van der Waals surface area contributed by atoms with Gasteiger partial charge in [-0.05, 0) is 37.6 Å². The van der Waals surface area contributed by atoms with Gasteiger partial charge in [0.1, 0.15) is 12.0 Å². The molecule has 1 fully saturated rings. The lowest BCUT2D eigenvalue weighted by Crippen LogP contribution is -2.36. The number of benzene rings is 1. The van der Waals surface area contributed by atoms with Gasteiger partial charge in [0.25, 0.3) is 0 Å². The van der Waals surface area contributed by atoms with Crippen molar-refractivity contribution in [1.29, 1.82) is 0 Å². The van der Waals surface area contributed by atoms with Crippen LogP contribution in [0.4, 0.5) is 0 Å². The van der Waals surface area contributed by atoms with Crippen LogP contribution in [0.25, 0.3) is 0 Å². The molecule has 3 nitrogen and oxygen atoms in total. The second-order valence-electron chi connectivity index (χ2n) is 6.41. The molecule has 1 saturated carbocycles. The Bertz CT molecular complexity index is 433. The number of carbonyl (C=O) groups is 1. The molecule has 0 saturated heterocycles. The molecule has 0 spiro atoms. The van der Waals surface area contributed by atoms with Gasteiger partial charge in [-0.15, -0.1) is 0 Å². The molecular weight excluding hydrogens is 262 g/mol. The number of hydrogen-bond donors (Lipinski definition) is 0. The topological polar surface area (TPSA) is 29.5 Å². The Hall–Kier alpha value is -1.35. The first-order valence-corrected chi connectivity index (χ1v) is 7.95. The fraction of sp³-hybridized carbons (Fsp3) is 0.611. The summed E-state index contributed by atoms with van der Waals surface area (Å²) in [7, 11) is 3.79. The van der Waals surface area contributed by atoms with Crippen LogP contribution in [0.3, 0.4) is 0 Å². The highest BCUT2D eigenvalue weighted by molar-refractivity contribution is 5.59. The summed E-state index contributed by atoms with van der Waals surface area (Å²) in [6.45, 7) is 1.74. The maximum absolute atomic E-state index is 11.7. The van der Waals surface area contributed by atoms with E-state index in [9.17, 15) is 4.79 Å². The predicted molar refractivity (Wildman–Crippen MR) is 85.5 cm³/mol. The molecule has 0 amide bonds. The van der Waals surface area contributed by atoms with Crippen LogP contribution in [0.1, 0.15) is 44.1 Å². The standard InChI is InChI=1S/C18H27NO2/c1-19(13-16-7-9-17(21-2)10-8-16)14-18(15-20)11-5-3-4-6-12-18/h7-10,15H,3-6,11-14H2,1-2H3. The van der Waals surface area contributed by atoms with Gasteiger partial charge < -0.3 is 14.4 Å². The van der Waals surface area contributed by atoms with E-state index in [4.69, 9.17) is 4.74 Å². The zero-order chi connectivity index (χ0) is 15.1. The monoisotopic (exact) mass is 289 g/mol. The van der Waals surface area contributed by atoms with E-state index in [1.54, 1.807) is 7.11 Å². The van der Waals surface area contributed by atoms with Crippen molar-refractivity contribution in [1.82, 2.24) is 4.90 Å². The van der Waals surface area contributed by atoms with Crippen molar-refractivity contribution in [2.45, 2.75) is 45.1 Å². The van der Waals surface area contributed by atoms with E-state index in [0.29, 0.717) is 0 Å². The summed E-state index contributed by atoms with van der Waals surface area (Å²) in [5, 5.41) is 0. The van der Waals surface area contributed by atoms with Crippen molar-refractivity contribution in [2.75, 3.05) is 20.7 Å². The molecule has 116 valence electrons. The average molecular weight is 289 g/mol. The molecule has 0 atom stereocenters. The lowest BCUT2D eigenvalue weighted by atomic mass is 9.81. The summed E-state index contributed by atoms with van der Waals surface area (Å²) in [5.41, 5.74) is 1.13. The van der Waals surface area contributed by atoms with E-state index in [1.165, 1.54) is 37.5 Å². The fourth-order valence-electron chi connectivity index (χ4n) is 3.38. The molecule has 1 aromatic rings. The summed E-state index contributed by atoms with van der Waals surface area (Å²) in [5.74, 6) is 0.884. The Morgan fingerprint density at radius 2 is 1.76 bits per heavy atom. The van der Waals surface area contributed by atoms with Crippen LogP contribution in [0.5, 0.6) is 5.75 Å². The molecule has 0 heterocycles. The lowest BCUT2D eigenvalue weighted by molar-refractivity contribution is -0.118. The molecule has 0 radical (unpaired) electrons. The van der Waals surface area contributed by atoms with Crippen LogP contribution >= 0.6 is 0 Å². The minimum atomic E-state index is -0.127. The lowest BCUT2D eigenvalue weighted by Gasteiger charge is -2.31. The van der Waals surface area contributed by atoms with Crippen molar-refractivity contribution in [2.24, 2.45) is 5.41 Å². The smallest absolute Gasteiger partial charge is 0.127 e. The van der Waals surface area contributed by atoms with Crippen molar-refractivity contribution in [3.8, 4) is 5.75 Å². The Morgan fingerprint density at radius 1 is 1.14 bits per heavy atom. The molecule has 3 heteroatoms. The zero-order valence-electron chi connectivity index (χ0n) is 13.3. The Balaban J connectivity index is 1.95. The third-order valence-electron chi connectivity index (χ3n) is 4.55. The van der Waals surface area contributed by atoms with Crippen LogP contribution in [-0.2, 0) is 11.3 Å². The number of rotatable bonds is 6. The van der Waals surface area contributed by atoms with E-state index in [0.717, 1.165) is 31.7 Å². The van der Waals surface area contributed by atoms with E-state index >= 15 is 0 Å². The Morgan fingerprint density at radius 3 is 2.29 bits per heavy atom. The van der Waals surface area contributed by atoms with Gasteiger partial charge in [0.05, 0.1) is 7.11 Å². The Labute approximate surface area is 128 Å². The number of ether oxygens (including phenoxy) is 1. The number of aldehydes is 1. The summed E-state index contributed by atoms with van der Waals surface area (Å²) in [6, 6.07) is 8.17. The first-order valence-electron chi connectivity index (χ1n) is 7.95. The summed E-state index contributed by atoms with van der Waals surface area (Å²) in [6.07, 6.45) is 8.25. The van der Waals surface area contributed by atoms with E-state index in [2.05, 4.69) is 24.1 Å². The van der Waals surface area contributed by atoms with Gasteiger partial charge in [-0.2, -0.15) is 0 Å².